The summed E-state index contributed by atoms with van der Waals surface area (Å²) in [5.41, 5.74) is 3.38. The smallest absolute Gasteiger partial charge is 0.354 e. The number of phenols is 1. The molecule has 0 amide bonds. The number of pyridine rings is 2. The van der Waals surface area contributed by atoms with E-state index in [-0.39, 0.29) is 34.1 Å². The average Bonchev–Trinajstić information content (AvgIpc) is 2.89. The van der Waals surface area contributed by atoms with Crippen LogP contribution in [0.4, 0.5) is 8.78 Å². The van der Waals surface area contributed by atoms with Crippen molar-refractivity contribution >= 4 is 11.0 Å². The van der Waals surface area contributed by atoms with Crippen LogP contribution >= 0.6 is 0 Å². The van der Waals surface area contributed by atoms with Gasteiger partial charge in [0.25, 0.3) is 0 Å². The van der Waals surface area contributed by atoms with Gasteiger partial charge in [0.2, 0.25) is 0 Å². The number of fused-ring (bicyclic) bond motifs is 1. The van der Waals surface area contributed by atoms with Crippen LogP contribution < -0.4 is 5.69 Å². The van der Waals surface area contributed by atoms with Crippen LogP contribution in [0, 0.1) is 25.5 Å². The van der Waals surface area contributed by atoms with Crippen molar-refractivity contribution in [2.24, 2.45) is 0 Å². The van der Waals surface area contributed by atoms with Crippen molar-refractivity contribution in [3.05, 3.63) is 99.2 Å². The van der Waals surface area contributed by atoms with Crippen LogP contribution in [0.1, 0.15) is 61.9 Å². The van der Waals surface area contributed by atoms with E-state index in [1.54, 1.807) is 12.3 Å². The van der Waals surface area contributed by atoms with Crippen LogP contribution in [0.2, 0.25) is 0 Å². The molecule has 0 aliphatic heterocycles. The highest BCUT2D eigenvalue weighted by Gasteiger charge is 2.25. The Morgan fingerprint density at radius 1 is 0.850 bits per heavy atom. The van der Waals surface area contributed by atoms with Crippen LogP contribution in [0.5, 0.6) is 5.75 Å². The maximum Gasteiger partial charge on any atom is 0.354 e. The molecule has 0 saturated heterocycles. The van der Waals surface area contributed by atoms with Crippen LogP contribution in [0.3, 0.4) is 0 Å². The number of benzene rings is 2. The number of nitrogens with zero attached hydrogens (tertiary/aromatic N) is 4. The Morgan fingerprint density at radius 2 is 1.60 bits per heavy atom. The lowest BCUT2D eigenvalue weighted by Crippen LogP contribution is -2.26. The molecule has 1 N–H and O–H groups in total. The number of hydrogen-bond acceptors (Lipinski definition) is 5. The summed E-state index contributed by atoms with van der Waals surface area (Å²) >= 11 is 0. The van der Waals surface area contributed by atoms with E-state index in [4.69, 9.17) is 0 Å². The summed E-state index contributed by atoms with van der Waals surface area (Å²) in [5.74, 6) is -2.00. The lowest BCUT2D eigenvalue weighted by molar-refractivity contribution is 0.470. The molecule has 0 spiro atoms. The van der Waals surface area contributed by atoms with E-state index in [1.807, 2.05) is 45.9 Å². The van der Waals surface area contributed by atoms with Gasteiger partial charge in [-0.25, -0.2) is 23.1 Å². The number of halogens is 2. The second-order valence-corrected chi connectivity index (χ2v) is 10.6. The summed E-state index contributed by atoms with van der Waals surface area (Å²) in [7, 11) is 0. The first-order valence-electron chi connectivity index (χ1n) is 13.2. The first kappa shape index (κ1) is 27.1. The SMILES string of the molecule is Cc1ccc(C(C)C)cc1-c1nc(=O)n(-c2c(C)ccnc2C(C)C)c2nc(-c3c(O)cccc3F)c(F)cc12. The topological polar surface area (TPSA) is 80.9 Å². The molecule has 3 aromatic heterocycles. The van der Waals surface area contributed by atoms with Gasteiger partial charge in [-0.1, -0.05) is 45.9 Å². The molecule has 2 aromatic carbocycles. The van der Waals surface area contributed by atoms with E-state index < -0.39 is 28.8 Å². The Bertz CT molecular complexity index is 1820. The van der Waals surface area contributed by atoms with Crippen molar-refractivity contribution in [1.82, 2.24) is 19.5 Å². The van der Waals surface area contributed by atoms with Gasteiger partial charge in [0.15, 0.2) is 11.5 Å². The predicted octanol–water partition coefficient (Wildman–Crippen LogP) is 7.36. The van der Waals surface area contributed by atoms with Gasteiger partial charge in [-0.3, -0.25) is 4.98 Å². The second kappa shape index (κ2) is 10.3. The summed E-state index contributed by atoms with van der Waals surface area (Å²) in [6.45, 7) is 11.8. The molecule has 6 nitrogen and oxygen atoms in total. The van der Waals surface area contributed by atoms with Gasteiger partial charge < -0.3 is 5.11 Å². The molecule has 5 rings (SSSR count). The van der Waals surface area contributed by atoms with E-state index >= 15 is 4.39 Å². The summed E-state index contributed by atoms with van der Waals surface area (Å²) < 4.78 is 32.1. The molecule has 0 bridgehead atoms. The van der Waals surface area contributed by atoms with E-state index in [9.17, 15) is 14.3 Å². The molecule has 0 atom stereocenters. The van der Waals surface area contributed by atoms with Crippen molar-refractivity contribution in [3.63, 3.8) is 0 Å². The van der Waals surface area contributed by atoms with Crippen LogP contribution in [0.15, 0.2) is 59.5 Å². The minimum absolute atomic E-state index is 0.0583. The van der Waals surface area contributed by atoms with E-state index in [0.717, 1.165) is 22.8 Å². The van der Waals surface area contributed by atoms with Gasteiger partial charge in [0.1, 0.15) is 17.3 Å². The monoisotopic (exact) mass is 540 g/mol. The second-order valence-electron chi connectivity index (χ2n) is 10.6. The summed E-state index contributed by atoms with van der Waals surface area (Å²) in [6, 6.07) is 12.6. The lowest BCUT2D eigenvalue weighted by atomic mass is 9.95. The maximum absolute atomic E-state index is 15.8. The summed E-state index contributed by atoms with van der Waals surface area (Å²) in [4.78, 5) is 27.5. The van der Waals surface area contributed by atoms with Crippen molar-refractivity contribution in [3.8, 4) is 34.0 Å². The highest BCUT2D eigenvalue weighted by molar-refractivity contribution is 5.94. The molecule has 3 heterocycles. The molecule has 5 aromatic rings. The first-order chi connectivity index (χ1) is 19.0. The van der Waals surface area contributed by atoms with Gasteiger partial charge in [0, 0.05) is 17.1 Å². The Hall–Kier alpha value is -4.46. The van der Waals surface area contributed by atoms with Crippen LogP contribution in [-0.4, -0.2) is 24.6 Å². The predicted molar refractivity (Wildman–Crippen MR) is 153 cm³/mol. The van der Waals surface area contributed by atoms with Gasteiger partial charge in [0.05, 0.1) is 22.6 Å². The first-order valence-corrected chi connectivity index (χ1v) is 13.2. The third kappa shape index (κ3) is 4.53. The van der Waals surface area contributed by atoms with Crippen molar-refractivity contribution in [2.45, 2.75) is 53.4 Å². The van der Waals surface area contributed by atoms with E-state index in [0.29, 0.717) is 16.9 Å². The zero-order valence-electron chi connectivity index (χ0n) is 23.3. The molecule has 0 fully saturated rings. The van der Waals surface area contributed by atoms with Crippen molar-refractivity contribution < 1.29 is 13.9 Å². The fourth-order valence-corrected chi connectivity index (χ4v) is 4.99. The zero-order chi connectivity index (χ0) is 28.9. The molecule has 8 heteroatoms. The average molecular weight is 541 g/mol. The van der Waals surface area contributed by atoms with Crippen molar-refractivity contribution in [1.29, 1.82) is 0 Å². The maximum atomic E-state index is 15.8. The fraction of sp³-hybridized carbons (Fsp3) is 0.250. The quantitative estimate of drug-likeness (QED) is 0.252. The van der Waals surface area contributed by atoms with Crippen LogP contribution in [-0.2, 0) is 0 Å². The summed E-state index contributed by atoms with van der Waals surface area (Å²) in [5, 5.41) is 10.7. The van der Waals surface area contributed by atoms with E-state index in [1.165, 1.54) is 22.8 Å². The number of hydrogen-bond donors (Lipinski definition) is 1. The Morgan fingerprint density at radius 3 is 2.27 bits per heavy atom. The lowest BCUT2D eigenvalue weighted by Gasteiger charge is -2.20. The Kier molecular flexibility index (Phi) is 6.96. The minimum atomic E-state index is -0.856. The number of aromatic nitrogens is 4. The Balaban J connectivity index is 1.98. The van der Waals surface area contributed by atoms with Gasteiger partial charge in [-0.15, -0.1) is 0 Å². The number of aryl methyl sites for hydroxylation is 2. The van der Waals surface area contributed by atoms with Gasteiger partial charge >= 0.3 is 5.69 Å². The Labute approximate surface area is 231 Å². The van der Waals surface area contributed by atoms with Gasteiger partial charge in [-0.2, -0.15) is 4.98 Å². The van der Waals surface area contributed by atoms with E-state index in [2.05, 4.69) is 28.8 Å². The van der Waals surface area contributed by atoms with Crippen molar-refractivity contribution in [2.75, 3.05) is 0 Å². The molecule has 0 aliphatic rings. The van der Waals surface area contributed by atoms with Crippen LogP contribution in [0.25, 0.3) is 39.2 Å². The molecular weight excluding hydrogens is 510 g/mol. The number of rotatable bonds is 5. The molecule has 40 heavy (non-hydrogen) atoms. The molecule has 0 radical (unpaired) electrons. The molecule has 0 aliphatic carbocycles. The third-order valence-electron chi connectivity index (χ3n) is 7.16. The molecular formula is C32H30F2N4O2. The minimum Gasteiger partial charge on any atom is -0.507 e. The summed E-state index contributed by atoms with van der Waals surface area (Å²) in [6.07, 6.45) is 1.67. The number of phenolic OH excluding ortho intramolecular Hbond substituents is 1. The highest BCUT2D eigenvalue weighted by atomic mass is 19.1. The van der Waals surface area contributed by atoms with Gasteiger partial charge in [-0.05, 0) is 72.7 Å². The molecule has 0 unspecified atom stereocenters. The molecule has 0 saturated carbocycles. The molecule has 204 valence electrons. The number of aromatic hydroxyl groups is 1. The third-order valence-corrected chi connectivity index (χ3v) is 7.16. The normalized spacial score (nSPS) is 11.7. The zero-order valence-corrected chi connectivity index (χ0v) is 23.3. The largest absolute Gasteiger partial charge is 0.507 e. The standard InChI is InChI=1S/C32H30F2N4O2/c1-16(2)20-11-10-18(5)21(14-20)28-22-15-24(34)29(26-23(33)8-7-9-25(26)39)36-31(22)38(32(40)37-28)30-19(6)12-13-35-27(30)17(3)4/h7-17,39H,1-6H3. The highest BCUT2D eigenvalue weighted by Crippen LogP contribution is 2.37. The fourth-order valence-electron chi connectivity index (χ4n) is 4.99.